The second kappa shape index (κ2) is 10.4. The molecule has 0 aliphatic carbocycles. The highest BCUT2D eigenvalue weighted by Gasteiger charge is 2.51. The number of hydrogen-bond donors (Lipinski definition) is 7. The van der Waals surface area contributed by atoms with E-state index in [1.807, 2.05) is 0 Å². The Morgan fingerprint density at radius 1 is 1.47 bits per heavy atom. The summed E-state index contributed by atoms with van der Waals surface area (Å²) in [6.07, 6.45) is -6.51. The van der Waals surface area contributed by atoms with E-state index in [0.717, 1.165) is 11.2 Å². The SMILES string of the molecule is CN1CC(O)C2NC(N[C@@H]3O[C@H](CO)[C@@H](O)[C@H](OC(N)=O)[C@H]3N(C)C(=O)CN=CN)=NC2C1=O. The zero-order valence-corrected chi connectivity index (χ0v) is 18.6. The van der Waals surface area contributed by atoms with E-state index in [9.17, 15) is 29.7 Å². The van der Waals surface area contributed by atoms with Crippen LogP contribution in [0.5, 0.6) is 0 Å². The number of nitrogens with two attached hydrogens (primary N) is 2. The van der Waals surface area contributed by atoms with Crippen molar-refractivity contribution < 1.29 is 39.2 Å². The van der Waals surface area contributed by atoms with E-state index >= 15 is 0 Å². The normalized spacial score (nSPS) is 35.4. The Morgan fingerprint density at radius 2 is 2.18 bits per heavy atom. The lowest BCUT2D eigenvalue weighted by Gasteiger charge is -2.47. The van der Waals surface area contributed by atoms with Crippen LogP contribution in [0.3, 0.4) is 0 Å². The van der Waals surface area contributed by atoms with Gasteiger partial charge in [-0.05, 0) is 0 Å². The summed E-state index contributed by atoms with van der Waals surface area (Å²) in [5, 5.41) is 36.5. The highest BCUT2D eigenvalue weighted by Crippen LogP contribution is 2.27. The lowest BCUT2D eigenvalue weighted by atomic mass is 9.94. The molecule has 0 aromatic heterocycles. The number of piperidine rings is 1. The Hall–Kier alpha value is -3.21. The summed E-state index contributed by atoms with van der Waals surface area (Å²) in [4.78, 5) is 47.1. The average molecular weight is 486 g/mol. The van der Waals surface area contributed by atoms with Crippen LogP contribution in [0.15, 0.2) is 9.98 Å². The van der Waals surface area contributed by atoms with Crippen LogP contribution >= 0.6 is 0 Å². The third-order valence-electron chi connectivity index (χ3n) is 5.99. The number of aliphatic imine (C=N–C) groups is 2. The molecule has 3 amide bonds. The van der Waals surface area contributed by atoms with Gasteiger partial charge in [-0.15, -0.1) is 0 Å². The minimum absolute atomic E-state index is 0.0689. The van der Waals surface area contributed by atoms with Crippen LogP contribution in [0, 0.1) is 0 Å². The number of carbonyl (C=O) groups excluding carboxylic acids is 3. The summed E-state index contributed by atoms with van der Waals surface area (Å²) < 4.78 is 10.9. The van der Waals surface area contributed by atoms with Crippen molar-refractivity contribution in [3.05, 3.63) is 0 Å². The van der Waals surface area contributed by atoms with Crippen molar-refractivity contribution in [3.63, 3.8) is 0 Å². The van der Waals surface area contributed by atoms with Gasteiger partial charge in [-0.3, -0.25) is 14.6 Å². The summed E-state index contributed by atoms with van der Waals surface area (Å²) in [6, 6.07) is -2.75. The van der Waals surface area contributed by atoms with Crippen LogP contribution in [0.1, 0.15) is 0 Å². The number of nitrogens with one attached hydrogen (secondary N) is 2. The van der Waals surface area contributed by atoms with Crippen LogP contribution in [0.4, 0.5) is 4.79 Å². The number of rotatable bonds is 6. The number of aliphatic hydroxyl groups excluding tert-OH is 3. The quantitative estimate of drug-likeness (QED) is 0.138. The number of likely N-dealkylation sites (tertiary alicyclic amines) is 1. The van der Waals surface area contributed by atoms with E-state index in [2.05, 4.69) is 20.6 Å². The average Bonchev–Trinajstić information content (AvgIpc) is 3.21. The first kappa shape index (κ1) is 25.4. The highest BCUT2D eigenvalue weighted by molar-refractivity contribution is 5.92. The molecular weight excluding hydrogens is 456 g/mol. The topological polar surface area (TPSA) is 238 Å². The first-order chi connectivity index (χ1) is 16.1. The molecule has 34 heavy (non-hydrogen) atoms. The zero-order chi connectivity index (χ0) is 25.2. The van der Waals surface area contributed by atoms with Crippen LogP contribution < -0.4 is 22.1 Å². The molecule has 2 saturated heterocycles. The Morgan fingerprint density at radius 3 is 2.79 bits per heavy atom. The third kappa shape index (κ3) is 4.98. The Bertz CT molecular complexity index is 856. The molecule has 3 unspecified atom stereocenters. The Balaban J connectivity index is 1.90. The smallest absolute Gasteiger partial charge is 0.404 e. The monoisotopic (exact) mass is 486 g/mol. The number of nitrogens with zero attached hydrogens (tertiary/aromatic N) is 4. The predicted molar refractivity (Wildman–Crippen MR) is 115 cm³/mol. The molecule has 0 saturated carbocycles. The van der Waals surface area contributed by atoms with Gasteiger partial charge >= 0.3 is 6.09 Å². The maximum Gasteiger partial charge on any atom is 0.404 e. The van der Waals surface area contributed by atoms with E-state index in [1.165, 1.54) is 11.9 Å². The van der Waals surface area contributed by atoms with Crippen LogP contribution in [0.2, 0.25) is 0 Å². The molecule has 0 aromatic rings. The molecule has 3 rings (SSSR count). The van der Waals surface area contributed by atoms with Gasteiger partial charge < -0.3 is 56.7 Å². The molecule has 190 valence electrons. The van der Waals surface area contributed by atoms with Gasteiger partial charge in [0, 0.05) is 20.6 Å². The van der Waals surface area contributed by atoms with Crippen molar-refractivity contribution in [2.24, 2.45) is 21.5 Å². The molecule has 8 atom stereocenters. The number of fused-ring (bicyclic) bond motifs is 1. The second-order valence-electron chi connectivity index (χ2n) is 8.18. The summed E-state index contributed by atoms with van der Waals surface area (Å²) in [6.45, 7) is -0.868. The number of guanidine groups is 1. The molecule has 0 aromatic carbocycles. The van der Waals surface area contributed by atoms with Crippen LogP contribution in [0.25, 0.3) is 0 Å². The number of carbonyl (C=O) groups is 3. The van der Waals surface area contributed by atoms with E-state index in [1.54, 1.807) is 7.05 Å². The minimum atomic E-state index is -1.54. The molecular formula is C18H30N8O8. The Kier molecular flexibility index (Phi) is 7.75. The molecule has 0 bridgehead atoms. The number of β-amino-alcohol motifs (C(OH)–C–C–N with tert-alkyl or cyclic N) is 1. The van der Waals surface area contributed by atoms with Gasteiger partial charge in [-0.25, -0.2) is 9.79 Å². The summed E-state index contributed by atoms with van der Waals surface area (Å²) in [5.41, 5.74) is 10.4. The van der Waals surface area contributed by atoms with Gasteiger partial charge in [0.25, 0.3) is 0 Å². The van der Waals surface area contributed by atoms with Crippen LogP contribution in [-0.2, 0) is 19.1 Å². The minimum Gasteiger partial charge on any atom is -0.441 e. The fourth-order valence-corrected chi connectivity index (χ4v) is 4.24. The number of likely N-dealkylation sites (N-methyl/N-ethyl adjacent to an activating group) is 2. The first-order valence-corrected chi connectivity index (χ1v) is 10.5. The molecule has 0 radical (unpaired) electrons. The molecule has 2 fully saturated rings. The predicted octanol–water partition coefficient (Wildman–Crippen LogP) is -5.54. The zero-order valence-electron chi connectivity index (χ0n) is 18.6. The molecule has 9 N–H and O–H groups in total. The summed E-state index contributed by atoms with van der Waals surface area (Å²) in [5.74, 6) is -0.789. The number of amides is 3. The summed E-state index contributed by atoms with van der Waals surface area (Å²) in [7, 11) is 2.92. The van der Waals surface area contributed by atoms with E-state index in [4.69, 9.17) is 20.9 Å². The van der Waals surface area contributed by atoms with Crippen molar-refractivity contribution in [1.82, 2.24) is 20.4 Å². The first-order valence-electron chi connectivity index (χ1n) is 10.5. The number of ether oxygens (including phenoxy) is 2. The van der Waals surface area contributed by atoms with E-state index < -0.39 is 67.4 Å². The Labute approximate surface area is 194 Å². The molecule has 3 aliphatic rings. The lowest BCUT2D eigenvalue weighted by molar-refractivity contribution is -0.215. The van der Waals surface area contributed by atoms with Gasteiger partial charge in [0.15, 0.2) is 24.3 Å². The van der Waals surface area contributed by atoms with Crippen molar-refractivity contribution in [1.29, 1.82) is 0 Å². The maximum atomic E-state index is 12.6. The standard InChI is InChI=1S/C18H30N8O8/c1-25-4-7(28)10-11(16(25)31)23-18(22-10)24-15-12(26(2)9(29)3-21-6-19)14(34-17(20)32)13(30)8(5-27)33-15/h6-8,10-15,27-28,30H,3-5H2,1-2H3,(H2,19,21)(H2,20,32)(H2,22,23,24)/t7?,8-,10?,11?,12-,13-,14-,15-/m1/s1. The fourth-order valence-electron chi connectivity index (χ4n) is 4.24. The number of primary amides is 1. The van der Waals surface area contributed by atoms with Gasteiger partial charge in [-0.2, -0.15) is 0 Å². The molecule has 3 heterocycles. The summed E-state index contributed by atoms with van der Waals surface area (Å²) >= 11 is 0. The number of hydrogen-bond acceptors (Lipinski definition) is 12. The third-order valence-corrected chi connectivity index (χ3v) is 5.99. The van der Waals surface area contributed by atoms with Gasteiger partial charge in [0.05, 0.1) is 25.1 Å². The van der Waals surface area contributed by atoms with Crippen molar-refractivity contribution in [2.45, 2.75) is 48.8 Å². The largest absolute Gasteiger partial charge is 0.441 e. The maximum absolute atomic E-state index is 12.6. The van der Waals surface area contributed by atoms with E-state index in [0.29, 0.717) is 0 Å². The number of aliphatic hydroxyl groups is 3. The molecule has 0 spiro atoms. The second-order valence-corrected chi connectivity index (χ2v) is 8.18. The van der Waals surface area contributed by atoms with Gasteiger partial charge in [-0.1, -0.05) is 0 Å². The van der Waals surface area contributed by atoms with Crippen molar-refractivity contribution in [2.75, 3.05) is 33.8 Å². The fraction of sp³-hybridized carbons (Fsp3) is 0.722. The van der Waals surface area contributed by atoms with E-state index in [-0.39, 0.29) is 25.0 Å². The van der Waals surface area contributed by atoms with Crippen molar-refractivity contribution >= 4 is 30.2 Å². The highest BCUT2D eigenvalue weighted by atomic mass is 16.6. The van der Waals surface area contributed by atoms with Crippen LogP contribution in [-0.4, -0.2) is 138 Å². The molecule has 3 aliphatic heterocycles. The molecule has 16 nitrogen and oxygen atoms in total. The lowest BCUT2D eigenvalue weighted by Crippen LogP contribution is -2.70. The molecule has 16 heteroatoms. The van der Waals surface area contributed by atoms with Gasteiger partial charge in [0.2, 0.25) is 11.8 Å². The van der Waals surface area contributed by atoms with Gasteiger partial charge in [0.1, 0.15) is 24.8 Å². The van der Waals surface area contributed by atoms with Crippen molar-refractivity contribution in [3.8, 4) is 0 Å².